The molecule has 7 nitrogen and oxygen atoms in total. The molecule has 1 spiro atoms. The number of rotatable bonds is 3. The lowest BCUT2D eigenvalue weighted by atomic mass is 9.69. The van der Waals surface area contributed by atoms with Gasteiger partial charge < -0.3 is 10.3 Å². The Morgan fingerprint density at radius 3 is 2.84 bits per heavy atom. The van der Waals surface area contributed by atoms with E-state index in [1.165, 1.54) is 23.2 Å². The first-order chi connectivity index (χ1) is 15.4. The van der Waals surface area contributed by atoms with E-state index in [1.807, 2.05) is 19.1 Å². The van der Waals surface area contributed by atoms with Crippen LogP contribution in [-0.2, 0) is 4.79 Å². The molecular weight excluding hydrogens is 433 g/mol. The van der Waals surface area contributed by atoms with Crippen molar-refractivity contribution in [3.63, 3.8) is 0 Å². The molecule has 0 bridgehead atoms. The van der Waals surface area contributed by atoms with Crippen LogP contribution in [0.3, 0.4) is 0 Å². The number of nitrogens with one attached hydrogen (secondary N) is 2. The topological polar surface area (TPSA) is 90.5 Å². The van der Waals surface area contributed by atoms with Crippen LogP contribution in [0.25, 0.3) is 11.0 Å². The van der Waals surface area contributed by atoms with Gasteiger partial charge in [0.25, 0.3) is 11.8 Å². The third kappa shape index (κ3) is 3.26. The fraction of sp³-hybridized carbons (Fsp3) is 0.304. The zero-order chi connectivity index (χ0) is 22.5. The summed E-state index contributed by atoms with van der Waals surface area (Å²) in [6.07, 6.45) is 5.74. The van der Waals surface area contributed by atoms with E-state index in [1.54, 1.807) is 12.4 Å². The summed E-state index contributed by atoms with van der Waals surface area (Å²) >= 11 is 6.16. The van der Waals surface area contributed by atoms with Gasteiger partial charge in [-0.25, -0.2) is 4.39 Å². The molecule has 0 unspecified atom stereocenters. The molecule has 1 fully saturated rings. The SMILES string of the molecule is CC1=NN(c2ccc(F)cc2Cl)C(=O)C12CCC(NC(=O)c1c[nH]c3cccnc13)CC2. The number of aromatic nitrogens is 2. The maximum atomic E-state index is 13.4. The second-order valence-corrected chi connectivity index (χ2v) is 8.74. The Hall–Kier alpha value is -3.26. The van der Waals surface area contributed by atoms with Gasteiger partial charge in [-0.05, 0) is 62.9 Å². The summed E-state index contributed by atoms with van der Waals surface area (Å²) in [4.78, 5) is 33.5. The highest BCUT2D eigenvalue weighted by Gasteiger charge is 2.51. The molecular formula is C23H21ClFN5O2. The summed E-state index contributed by atoms with van der Waals surface area (Å²) in [5, 5.41) is 8.97. The number of hydrogen-bond acceptors (Lipinski definition) is 4. The molecule has 2 aromatic heterocycles. The van der Waals surface area contributed by atoms with Crippen LogP contribution in [0.2, 0.25) is 5.02 Å². The number of pyridine rings is 1. The molecule has 0 saturated heterocycles. The number of fused-ring (bicyclic) bond motifs is 1. The highest BCUT2D eigenvalue weighted by molar-refractivity contribution is 6.34. The molecule has 3 aromatic rings. The average molecular weight is 454 g/mol. The number of halogens is 2. The van der Waals surface area contributed by atoms with Gasteiger partial charge in [-0.2, -0.15) is 10.1 Å². The molecule has 0 radical (unpaired) electrons. The molecule has 9 heteroatoms. The fourth-order valence-electron chi connectivity index (χ4n) is 4.69. The largest absolute Gasteiger partial charge is 0.359 e. The first-order valence-corrected chi connectivity index (χ1v) is 10.8. The van der Waals surface area contributed by atoms with Gasteiger partial charge in [-0.1, -0.05) is 11.6 Å². The maximum Gasteiger partial charge on any atom is 0.259 e. The van der Waals surface area contributed by atoms with Gasteiger partial charge in [-0.15, -0.1) is 0 Å². The Bertz CT molecular complexity index is 1260. The Kier molecular flexibility index (Phi) is 4.97. The van der Waals surface area contributed by atoms with Crippen molar-refractivity contribution in [3.8, 4) is 0 Å². The minimum Gasteiger partial charge on any atom is -0.359 e. The molecule has 2 aliphatic rings. The Labute approximate surface area is 188 Å². The van der Waals surface area contributed by atoms with Gasteiger partial charge in [0.2, 0.25) is 0 Å². The smallest absolute Gasteiger partial charge is 0.259 e. The summed E-state index contributed by atoms with van der Waals surface area (Å²) in [6.45, 7) is 1.84. The van der Waals surface area contributed by atoms with Crippen molar-refractivity contribution in [1.82, 2.24) is 15.3 Å². The predicted molar refractivity (Wildman–Crippen MR) is 120 cm³/mol. The van der Waals surface area contributed by atoms with Crippen molar-refractivity contribution < 1.29 is 14.0 Å². The lowest BCUT2D eigenvalue weighted by Gasteiger charge is -2.36. The minimum atomic E-state index is -0.721. The van der Waals surface area contributed by atoms with Crippen molar-refractivity contribution >= 4 is 45.8 Å². The summed E-state index contributed by atoms with van der Waals surface area (Å²) < 4.78 is 13.4. The van der Waals surface area contributed by atoms with Crippen molar-refractivity contribution in [2.75, 3.05) is 5.01 Å². The number of carbonyl (C=O) groups is 2. The number of hydrazone groups is 1. The average Bonchev–Trinajstić information content (AvgIpc) is 3.31. The monoisotopic (exact) mass is 453 g/mol. The summed E-state index contributed by atoms with van der Waals surface area (Å²) in [5.41, 5.74) is 2.32. The van der Waals surface area contributed by atoms with Crippen LogP contribution >= 0.6 is 11.6 Å². The van der Waals surface area contributed by atoms with Gasteiger partial charge in [0.05, 0.1) is 32.9 Å². The van der Waals surface area contributed by atoms with Gasteiger partial charge in [0, 0.05) is 18.4 Å². The molecule has 1 aliphatic heterocycles. The zero-order valence-corrected chi connectivity index (χ0v) is 18.1. The Morgan fingerprint density at radius 1 is 1.31 bits per heavy atom. The fourth-order valence-corrected chi connectivity index (χ4v) is 4.93. The van der Waals surface area contributed by atoms with Gasteiger partial charge >= 0.3 is 0 Å². The van der Waals surface area contributed by atoms with Crippen molar-refractivity contribution in [3.05, 3.63) is 59.1 Å². The zero-order valence-electron chi connectivity index (χ0n) is 17.4. The van der Waals surface area contributed by atoms with E-state index in [9.17, 15) is 14.0 Å². The number of hydrogen-bond donors (Lipinski definition) is 2. The van der Waals surface area contributed by atoms with E-state index in [4.69, 9.17) is 11.6 Å². The van der Waals surface area contributed by atoms with Gasteiger partial charge in [-0.3, -0.25) is 14.6 Å². The van der Waals surface area contributed by atoms with Crippen LogP contribution in [0.4, 0.5) is 10.1 Å². The summed E-state index contributed by atoms with van der Waals surface area (Å²) in [5.74, 6) is -0.810. The number of aromatic amines is 1. The molecule has 3 heterocycles. The third-order valence-corrected chi connectivity index (χ3v) is 6.84. The van der Waals surface area contributed by atoms with E-state index in [-0.39, 0.29) is 22.9 Å². The van der Waals surface area contributed by atoms with E-state index in [0.717, 1.165) is 5.52 Å². The predicted octanol–water partition coefficient (Wildman–Crippen LogP) is 4.44. The molecule has 32 heavy (non-hydrogen) atoms. The van der Waals surface area contributed by atoms with E-state index >= 15 is 0 Å². The third-order valence-electron chi connectivity index (χ3n) is 6.54. The highest BCUT2D eigenvalue weighted by atomic mass is 35.5. The standard InChI is InChI=1S/C23H21ClFN5O2/c1-13-23(22(32)30(29-13)19-5-4-14(25)11-17(19)24)8-6-15(7-9-23)28-21(31)16-12-27-18-3-2-10-26-20(16)18/h2-5,10-12,15,27H,6-9H2,1H3,(H,28,31). The van der Waals surface area contributed by atoms with Crippen LogP contribution in [0.5, 0.6) is 0 Å². The number of carbonyl (C=O) groups excluding carboxylic acids is 2. The number of nitrogens with zero attached hydrogens (tertiary/aromatic N) is 3. The quantitative estimate of drug-likeness (QED) is 0.614. The Balaban J connectivity index is 1.29. The molecule has 1 aromatic carbocycles. The normalized spacial score (nSPS) is 23.1. The van der Waals surface area contributed by atoms with Crippen LogP contribution in [-0.4, -0.2) is 33.5 Å². The van der Waals surface area contributed by atoms with E-state index < -0.39 is 11.2 Å². The van der Waals surface area contributed by atoms with Crippen LogP contribution in [0, 0.1) is 11.2 Å². The van der Waals surface area contributed by atoms with Crippen LogP contribution < -0.4 is 10.3 Å². The van der Waals surface area contributed by atoms with Crippen LogP contribution in [0.15, 0.2) is 47.8 Å². The second kappa shape index (κ2) is 7.70. The van der Waals surface area contributed by atoms with Gasteiger partial charge in [0.1, 0.15) is 11.3 Å². The lowest BCUT2D eigenvalue weighted by molar-refractivity contribution is -0.125. The summed E-state index contributed by atoms with van der Waals surface area (Å²) in [6, 6.07) is 7.53. The van der Waals surface area contributed by atoms with Gasteiger partial charge in [0.15, 0.2) is 0 Å². The van der Waals surface area contributed by atoms with Crippen molar-refractivity contribution in [2.45, 2.75) is 38.6 Å². The number of benzene rings is 1. The van der Waals surface area contributed by atoms with E-state index in [0.29, 0.717) is 48.2 Å². The highest BCUT2D eigenvalue weighted by Crippen LogP contribution is 2.45. The Morgan fingerprint density at radius 2 is 2.09 bits per heavy atom. The lowest BCUT2D eigenvalue weighted by Crippen LogP contribution is -2.47. The molecule has 5 rings (SSSR count). The van der Waals surface area contributed by atoms with E-state index in [2.05, 4.69) is 20.4 Å². The molecule has 0 atom stereocenters. The number of anilines is 1. The number of amides is 2. The minimum absolute atomic E-state index is 0.0501. The molecule has 1 saturated carbocycles. The first-order valence-electron chi connectivity index (χ1n) is 10.5. The molecule has 2 N–H and O–H groups in total. The van der Waals surface area contributed by atoms with Crippen LogP contribution in [0.1, 0.15) is 43.0 Å². The summed E-state index contributed by atoms with van der Waals surface area (Å²) in [7, 11) is 0. The maximum absolute atomic E-state index is 13.4. The van der Waals surface area contributed by atoms with Crippen molar-refractivity contribution in [1.29, 1.82) is 0 Å². The number of H-pyrrole nitrogens is 1. The molecule has 1 aliphatic carbocycles. The second-order valence-electron chi connectivity index (χ2n) is 8.33. The van der Waals surface area contributed by atoms with Crippen molar-refractivity contribution in [2.24, 2.45) is 10.5 Å². The first kappa shape index (κ1) is 20.6. The molecule has 164 valence electrons. The molecule has 2 amide bonds.